The Hall–Kier alpha value is -0.840. The number of amides is 1. The van der Waals surface area contributed by atoms with Crippen LogP contribution in [0.3, 0.4) is 0 Å². The number of nitrogens with one attached hydrogen (secondary N) is 1. The number of carbonyl (C=O) groups excluding carboxylic acids is 1. The van der Waals surface area contributed by atoms with Crippen molar-refractivity contribution in [1.82, 2.24) is 5.16 Å². The van der Waals surface area contributed by atoms with Gasteiger partial charge in [-0.2, -0.15) is 0 Å². The van der Waals surface area contributed by atoms with Gasteiger partial charge in [0, 0.05) is 17.8 Å². The zero-order valence-electron chi connectivity index (χ0n) is 8.05. The largest absolute Gasteiger partial charge is 0.338 e. The molecule has 0 aromatic carbocycles. The van der Waals surface area contributed by atoms with E-state index in [-0.39, 0.29) is 5.91 Å². The molecule has 1 heterocycles. The molecule has 0 saturated heterocycles. The van der Waals surface area contributed by atoms with E-state index in [0.29, 0.717) is 12.3 Å². The Morgan fingerprint density at radius 2 is 2.43 bits per heavy atom. The van der Waals surface area contributed by atoms with Crippen molar-refractivity contribution in [2.45, 2.75) is 26.2 Å². The topological polar surface area (TPSA) is 55.1 Å². The number of aryl methyl sites for hydroxylation is 1. The van der Waals surface area contributed by atoms with Crippen molar-refractivity contribution in [3.8, 4) is 0 Å². The first-order valence-electron chi connectivity index (χ1n) is 4.51. The van der Waals surface area contributed by atoms with Gasteiger partial charge in [-0.25, -0.2) is 0 Å². The SMILES string of the molecule is Cc1cc(NC(=O)CCCCBr)on1. The Balaban J connectivity index is 2.27. The van der Waals surface area contributed by atoms with Crippen LogP contribution in [0, 0.1) is 6.92 Å². The minimum atomic E-state index is -0.0258. The van der Waals surface area contributed by atoms with Crippen LogP contribution in [0.4, 0.5) is 5.88 Å². The Bertz CT molecular complexity index is 299. The molecule has 0 atom stereocenters. The number of aromatic nitrogens is 1. The summed E-state index contributed by atoms with van der Waals surface area (Å²) in [6.07, 6.45) is 2.40. The Labute approximate surface area is 91.2 Å². The van der Waals surface area contributed by atoms with Gasteiger partial charge in [0.2, 0.25) is 11.8 Å². The standard InChI is InChI=1S/C9H13BrN2O2/c1-7-6-9(14-12-7)11-8(13)4-2-3-5-10/h6H,2-5H2,1H3,(H,11,13). The fraction of sp³-hybridized carbons (Fsp3) is 0.556. The van der Waals surface area contributed by atoms with Gasteiger partial charge in [0.15, 0.2) is 0 Å². The van der Waals surface area contributed by atoms with Crippen LogP contribution in [-0.4, -0.2) is 16.4 Å². The van der Waals surface area contributed by atoms with Gasteiger partial charge < -0.3 is 4.52 Å². The number of unbranched alkanes of at least 4 members (excludes halogenated alkanes) is 1. The lowest BCUT2D eigenvalue weighted by Gasteiger charge is -1.99. The molecule has 1 aromatic heterocycles. The lowest BCUT2D eigenvalue weighted by Crippen LogP contribution is -2.10. The van der Waals surface area contributed by atoms with Crippen LogP contribution in [0.15, 0.2) is 10.6 Å². The lowest BCUT2D eigenvalue weighted by atomic mass is 10.2. The van der Waals surface area contributed by atoms with Crippen molar-refractivity contribution < 1.29 is 9.32 Å². The molecule has 0 aliphatic rings. The highest BCUT2D eigenvalue weighted by Gasteiger charge is 2.05. The molecule has 1 amide bonds. The fourth-order valence-electron chi connectivity index (χ4n) is 1.00. The van der Waals surface area contributed by atoms with E-state index in [4.69, 9.17) is 4.52 Å². The maximum Gasteiger partial charge on any atom is 0.231 e. The molecule has 0 saturated carbocycles. The van der Waals surface area contributed by atoms with Gasteiger partial charge in [-0.3, -0.25) is 10.1 Å². The molecule has 1 rings (SSSR count). The van der Waals surface area contributed by atoms with Gasteiger partial charge in [0.25, 0.3) is 0 Å². The minimum Gasteiger partial charge on any atom is -0.338 e. The first-order valence-corrected chi connectivity index (χ1v) is 5.63. The van der Waals surface area contributed by atoms with Crippen molar-refractivity contribution in [1.29, 1.82) is 0 Å². The Morgan fingerprint density at radius 1 is 1.64 bits per heavy atom. The van der Waals surface area contributed by atoms with E-state index < -0.39 is 0 Å². The molecular formula is C9H13BrN2O2. The molecule has 78 valence electrons. The van der Waals surface area contributed by atoms with E-state index in [1.807, 2.05) is 6.92 Å². The summed E-state index contributed by atoms with van der Waals surface area (Å²) in [5.74, 6) is 0.397. The summed E-state index contributed by atoms with van der Waals surface area (Å²) in [6.45, 7) is 1.81. The summed E-state index contributed by atoms with van der Waals surface area (Å²) in [7, 11) is 0. The molecular weight excluding hydrogens is 248 g/mol. The zero-order valence-corrected chi connectivity index (χ0v) is 9.63. The van der Waals surface area contributed by atoms with Gasteiger partial charge in [-0.1, -0.05) is 21.1 Å². The number of hydrogen-bond donors (Lipinski definition) is 1. The Morgan fingerprint density at radius 3 is 3.00 bits per heavy atom. The zero-order chi connectivity index (χ0) is 10.4. The van der Waals surface area contributed by atoms with Crippen molar-refractivity contribution in [2.24, 2.45) is 0 Å². The van der Waals surface area contributed by atoms with Crippen LogP contribution < -0.4 is 5.32 Å². The van der Waals surface area contributed by atoms with Gasteiger partial charge >= 0.3 is 0 Å². The van der Waals surface area contributed by atoms with Crippen LogP contribution >= 0.6 is 15.9 Å². The molecule has 1 N–H and O–H groups in total. The van der Waals surface area contributed by atoms with E-state index >= 15 is 0 Å². The third-order valence-corrected chi connectivity index (χ3v) is 2.24. The van der Waals surface area contributed by atoms with Crippen molar-refractivity contribution >= 4 is 27.7 Å². The molecule has 0 aliphatic heterocycles. The first kappa shape index (κ1) is 11.2. The molecule has 0 bridgehead atoms. The molecule has 0 unspecified atom stereocenters. The summed E-state index contributed by atoms with van der Waals surface area (Å²) >= 11 is 3.31. The third kappa shape index (κ3) is 3.91. The maximum atomic E-state index is 11.3. The summed E-state index contributed by atoms with van der Waals surface area (Å²) in [5, 5.41) is 7.24. The van der Waals surface area contributed by atoms with Gasteiger partial charge in [-0.05, 0) is 19.8 Å². The fourth-order valence-corrected chi connectivity index (χ4v) is 1.40. The van der Waals surface area contributed by atoms with Gasteiger partial charge in [-0.15, -0.1) is 0 Å². The normalized spacial score (nSPS) is 10.1. The van der Waals surface area contributed by atoms with Crippen LogP contribution in [0.5, 0.6) is 0 Å². The third-order valence-electron chi connectivity index (χ3n) is 1.68. The van der Waals surface area contributed by atoms with E-state index in [1.54, 1.807) is 6.07 Å². The van der Waals surface area contributed by atoms with Crippen LogP contribution in [-0.2, 0) is 4.79 Å². The summed E-state index contributed by atoms with van der Waals surface area (Å²) < 4.78 is 4.85. The van der Waals surface area contributed by atoms with Crippen molar-refractivity contribution in [3.05, 3.63) is 11.8 Å². The molecule has 4 nitrogen and oxygen atoms in total. The second-order valence-electron chi connectivity index (χ2n) is 3.03. The van der Waals surface area contributed by atoms with E-state index in [0.717, 1.165) is 23.9 Å². The average molecular weight is 261 g/mol. The van der Waals surface area contributed by atoms with Gasteiger partial charge in [0.1, 0.15) is 0 Å². The smallest absolute Gasteiger partial charge is 0.231 e. The van der Waals surface area contributed by atoms with Crippen LogP contribution in [0.25, 0.3) is 0 Å². The van der Waals surface area contributed by atoms with E-state index in [2.05, 4.69) is 26.4 Å². The highest BCUT2D eigenvalue weighted by atomic mass is 79.9. The predicted molar refractivity (Wildman–Crippen MR) is 57.5 cm³/mol. The predicted octanol–water partition coefficient (Wildman–Crippen LogP) is 2.49. The van der Waals surface area contributed by atoms with Crippen molar-refractivity contribution in [2.75, 3.05) is 10.6 Å². The maximum absolute atomic E-state index is 11.3. The number of anilines is 1. The second-order valence-corrected chi connectivity index (χ2v) is 3.82. The number of carbonyl (C=O) groups is 1. The van der Waals surface area contributed by atoms with Crippen LogP contribution in [0.2, 0.25) is 0 Å². The highest BCUT2D eigenvalue weighted by Crippen LogP contribution is 2.09. The summed E-state index contributed by atoms with van der Waals surface area (Å²) in [5.41, 5.74) is 0.765. The quantitative estimate of drug-likeness (QED) is 0.654. The van der Waals surface area contributed by atoms with E-state index in [9.17, 15) is 4.79 Å². The number of halogens is 1. The summed E-state index contributed by atoms with van der Waals surface area (Å²) in [6, 6.07) is 1.70. The molecule has 0 spiro atoms. The monoisotopic (exact) mass is 260 g/mol. The molecule has 1 aromatic rings. The molecule has 5 heteroatoms. The number of hydrogen-bond acceptors (Lipinski definition) is 3. The lowest BCUT2D eigenvalue weighted by molar-refractivity contribution is -0.116. The second kappa shape index (κ2) is 5.80. The van der Waals surface area contributed by atoms with Crippen LogP contribution in [0.1, 0.15) is 25.0 Å². The number of rotatable bonds is 5. The van der Waals surface area contributed by atoms with E-state index in [1.165, 1.54) is 0 Å². The van der Waals surface area contributed by atoms with Crippen molar-refractivity contribution in [3.63, 3.8) is 0 Å². The summed E-state index contributed by atoms with van der Waals surface area (Å²) in [4.78, 5) is 11.3. The Kier molecular flexibility index (Phi) is 4.65. The average Bonchev–Trinajstić information content (AvgIpc) is 2.52. The first-order chi connectivity index (χ1) is 6.72. The molecule has 0 radical (unpaired) electrons. The molecule has 0 aliphatic carbocycles. The number of nitrogens with zero attached hydrogens (tertiary/aromatic N) is 1. The molecule has 0 fully saturated rings. The van der Waals surface area contributed by atoms with Gasteiger partial charge in [0.05, 0.1) is 5.69 Å². The number of alkyl halides is 1. The molecule has 14 heavy (non-hydrogen) atoms. The highest BCUT2D eigenvalue weighted by molar-refractivity contribution is 9.09. The minimum absolute atomic E-state index is 0.0258.